The van der Waals surface area contributed by atoms with E-state index in [-0.39, 0.29) is 29.8 Å². The Kier molecular flexibility index (Phi) is 11.3. The molecule has 1 atom stereocenters. The molecule has 2 amide bonds. The lowest BCUT2D eigenvalue weighted by molar-refractivity contribution is -0.140. The lowest BCUT2D eigenvalue weighted by Gasteiger charge is -2.35. The number of halogens is 2. The van der Waals surface area contributed by atoms with Crippen LogP contribution in [0.1, 0.15) is 48.8 Å². The molecule has 246 valence electrons. The van der Waals surface area contributed by atoms with E-state index in [2.05, 4.69) is 5.32 Å². The standard InChI is InChI=1S/C37H39ClFN3O4S/c1-27-23-30(38)19-22-34(27)42(47(45,46)33-15-9-4-10-16-33)26-36(43)41(25-29-17-20-31(39)21-18-29)35(24-28-11-5-2-6-12-28)37(44)40-32-13-7-3-8-14-32/h2,4-6,9-12,15-23,32,35H,3,7-8,13-14,24-26H2,1H3,(H,40,44)/t35-/m0/s1. The average molecular weight is 676 g/mol. The molecular weight excluding hydrogens is 637 g/mol. The molecule has 0 spiro atoms. The summed E-state index contributed by atoms with van der Waals surface area (Å²) < 4.78 is 43.3. The highest BCUT2D eigenvalue weighted by molar-refractivity contribution is 7.92. The van der Waals surface area contributed by atoms with Crippen LogP contribution in [0.5, 0.6) is 0 Å². The van der Waals surface area contributed by atoms with Crippen LogP contribution in [0.4, 0.5) is 10.1 Å². The van der Waals surface area contributed by atoms with Crippen LogP contribution in [0, 0.1) is 12.7 Å². The fourth-order valence-corrected chi connectivity index (χ4v) is 7.74. The van der Waals surface area contributed by atoms with Crippen molar-refractivity contribution in [1.82, 2.24) is 10.2 Å². The van der Waals surface area contributed by atoms with E-state index in [0.29, 0.717) is 21.8 Å². The number of sulfonamides is 1. The van der Waals surface area contributed by atoms with Crippen molar-refractivity contribution in [2.45, 2.75) is 69.0 Å². The molecule has 0 unspecified atom stereocenters. The number of aryl methyl sites for hydroxylation is 1. The van der Waals surface area contributed by atoms with Gasteiger partial charge in [0, 0.05) is 24.0 Å². The van der Waals surface area contributed by atoms with Crippen LogP contribution < -0.4 is 9.62 Å². The fourth-order valence-electron chi connectivity index (χ4n) is 6.02. The summed E-state index contributed by atoms with van der Waals surface area (Å²) >= 11 is 6.23. The van der Waals surface area contributed by atoms with Crippen molar-refractivity contribution in [2.24, 2.45) is 0 Å². The zero-order chi connectivity index (χ0) is 33.4. The van der Waals surface area contributed by atoms with Gasteiger partial charge in [-0.3, -0.25) is 13.9 Å². The molecule has 1 aliphatic rings. The minimum absolute atomic E-state index is 0.0102. The summed E-state index contributed by atoms with van der Waals surface area (Å²) in [5.74, 6) is -1.32. The van der Waals surface area contributed by atoms with E-state index in [0.717, 1.165) is 42.0 Å². The number of carbonyl (C=O) groups excluding carboxylic acids is 2. The topological polar surface area (TPSA) is 86.8 Å². The lowest BCUT2D eigenvalue weighted by atomic mass is 9.94. The maximum atomic E-state index is 14.6. The third-order valence-corrected chi connectivity index (χ3v) is 10.5. The normalized spacial score (nSPS) is 14.3. The van der Waals surface area contributed by atoms with E-state index in [1.165, 1.54) is 29.2 Å². The van der Waals surface area contributed by atoms with Crippen LogP contribution in [0.3, 0.4) is 0 Å². The zero-order valence-corrected chi connectivity index (χ0v) is 27.9. The second-order valence-corrected chi connectivity index (χ2v) is 14.3. The lowest BCUT2D eigenvalue weighted by Crippen LogP contribution is -2.55. The van der Waals surface area contributed by atoms with Crippen LogP contribution in [-0.4, -0.2) is 43.8 Å². The first kappa shape index (κ1) is 34.1. The van der Waals surface area contributed by atoms with Gasteiger partial charge in [-0.25, -0.2) is 12.8 Å². The van der Waals surface area contributed by atoms with Crippen molar-refractivity contribution < 1.29 is 22.4 Å². The molecule has 0 radical (unpaired) electrons. The Balaban J connectivity index is 1.57. The Bertz CT molecular complexity index is 1770. The molecule has 1 saturated carbocycles. The molecule has 0 heterocycles. The number of anilines is 1. The van der Waals surface area contributed by atoms with Crippen molar-refractivity contribution in [2.75, 3.05) is 10.8 Å². The van der Waals surface area contributed by atoms with E-state index in [9.17, 15) is 22.4 Å². The summed E-state index contributed by atoms with van der Waals surface area (Å²) in [5.41, 5.74) is 2.30. The summed E-state index contributed by atoms with van der Waals surface area (Å²) in [4.78, 5) is 30.2. The number of benzene rings is 4. The van der Waals surface area contributed by atoms with Gasteiger partial charge >= 0.3 is 0 Å². The highest BCUT2D eigenvalue weighted by Gasteiger charge is 2.35. The van der Waals surface area contributed by atoms with Crippen molar-refractivity contribution >= 4 is 39.1 Å². The van der Waals surface area contributed by atoms with Crippen molar-refractivity contribution in [1.29, 1.82) is 0 Å². The summed E-state index contributed by atoms with van der Waals surface area (Å²) in [5, 5.41) is 3.61. The van der Waals surface area contributed by atoms with Crippen LogP contribution in [0.25, 0.3) is 0 Å². The number of nitrogens with one attached hydrogen (secondary N) is 1. The van der Waals surface area contributed by atoms with Crippen LogP contribution in [0.2, 0.25) is 5.02 Å². The third kappa shape index (κ3) is 8.78. The third-order valence-electron chi connectivity index (χ3n) is 8.53. The van der Waals surface area contributed by atoms with E-state index in [4.69, 9.17) is 11.6 Å². The Morgan fingerprint density at radius 3 is 2.15 bits per heavy atom. The molecule has 7 nitrogen and oxygen atoms in total. The second kappa shape index (κ2) is 15.6. The van der Waals surface area contributed by atoms with E-state index < -0.39 is 34.3 Å². The van der Waals surface area contributed by atoms with Gasteiger partial charge in [0.1, 0.15) is 18.4 Å². The SMILES string of the molecule is Cc1cc(Cl)ccc1N(CC(=O)N(Cc1ccc(F)cc1)[C@@H](Cc1ccccc1)C(=O)NC1CCCCC1)S(=O)(=O)c1ccccc1. The Morgan fingerprint density at radius 1 is 0.872 bits per heavy atom. The molecule has 5 rings (SSSR count). The maximum absolute atomic E-state index is 14.6. The Hall–Kier alpha value is -4.21. The number of hydrogen-bond donors (Lipinski definition) is 1. The molecule has 0 aromatic heterocycles. The number of rotatable bonds is 12. The molecule has 10 heteroatoms. The summed E-state index contributed by atoms with van der Waals surface area (Å²) in [6.07, 6.45) is 5.06. The molecule has 4 aromatic rings. The molecule has 1 fully saturated rings. The largest absolute Gasteiger partial charge is 0.352 e. The first-order valence-corrected chi connectivity index (χ1v) is 17.7. The van der Waals surface area contributed by atoms with Gasteiger partial charge in [0.2, 0.25) is 11.8 Å². The smallest absolute Gasteiger partial charge is 0.264 e. The van der Waals surface area contributed by atoms with Crippen molar-refractivity contribution in [3.05, 3.63) is 131 Å². The molecule has 0 saturated heterocycles. The minimum atomic E-state index is -4.23. The van der Waals surface area contributed by atoms with Gasteiger partial charge in [0.25, 0.3) is 10.0 Å². The molecule has 1 N–H and O–H groups in total. The maximum Gasteiger partial charge on any atom is 0.264 e. The quantitative estimate of drug-likeness (QED) is 0.174. The first-order chi connectivity index (χ1) is 22.6. The summed E-state index contributed by atoms with van der Waals surface area (Å²) in [7, 11) is -4.23. The Labute approximate surface area is 281 Å². The second-order valence-electron chi connectivity index (χ2n) is 12.0. The van der Waals surface area contributed by atoms with E-state index in [1.54, 1.807) is 55.5 Å². The van der Waals surface area contributed by atoms with E-state index in [1.807, 2.05) is 30.3 Å². The van der Waals surface area contributed by atoms with Gasteiger partial charge in [0.15, 0.2) is 0 Å². The average Bonchev–Trinajstić information content (AvgIpc) is 3.07. The molecule has 0 aliphatic heterocycles. The summed E-state index contributed by atoms with van der Waals surface area (Å²) in [6, 6.07) is 26.9. The molecule has 47 heavy (non-hydrogen) atoms. The number of amides is 2. The van der Waals surface area contributed by atoms with Gasteiger partial charge in [-0.2, -0.15) is 0 Å². The number of nitrogens with zero attached hydrogens (tertiary/aromatic N) is 2. The van der Waals surface area contributed by atoms with Crippen molar-refractivity contribution in [3.63, 3.8) is 0 Å². The summed E-state index contributed by atoms with van der Waals surface area (Å²) in [6.45, 7) is 1.11. The number of hydrogen-bond acceptors (Lipinski definition) is 4. The van der Waals surface area contributed by atoms with Gasteiger partial charge < -0.3 is 10.2 Å². The van der Waals surface area contributed by atoms with E-state index >= 15 is 0 Å². The minimum Gasteiger partial charge on any atom is -0.352 e. The van der Waals surface area contributed by atoms with Crippen LogP contribution >= 0.6 is 11.6 Å². The van der Waals surface area contributed by atoms with Crippen LogP contribution in [0.15, 0.2) is 108 Å². The zero-order valence-electron chi connectivity index (χ0n) is 26.3. The van der Waals surface area contributed by atoms with Gasteiger partial charge in [-0.15, -0.1) is 0 Å². The molecular formula is C37H39ClFN3O4S. The Morgan fingerprint density at radius 2 is 1.51 bits per heavy atom. The molecule has 4 aromatic carbocycles. The first-order valence-electron chi connectivity index (χ1n) is 15.8. The molecule has 1 aliphatic carbocycles. The monoisotopic (exact) mass is 675 g/mol. The highest BCUT2D eigenvalue weighted by atomic mass is 35.5. The van der Waals surface area contributed by atoms with Crippen LogP contribution in [-0.2, 0) is 32.6 Å². The highest BCUT2D eigenvalue weighted by Crippen LogP contribution is 2.30. The predicted octanol–water partition coefficient (Wildman–Crippen LogP) is 7.07. The number of carbonyl (C=O) groups is 2. The molecule has 0 bridgehead atoms. The van der Waals surface area contributed by atoms with Crippen molar-refractivity contribution in [3.8, 4) is 0 Å². The van der Waals surface area contributed by atoms with Gasteiger partial charge in [-0.1, -0.05) is 91.5 Å². The predicted molar refractivity (Wildman–Crippen MR) is 183 cm³/mol. The van der Waals surface area contributed by atoms with Gasteiger partial charge in [0.05, 0.1) is 10.6 Å². The van der Waals surface area contributed by atoms with Gasteiger partial charge in [-0.05, 0) is 78.9 Å². The fraction of sp³-hybridized carbons (Fsp3) is 0.297.